The van der Waals surface area contributed by atoms with Gasteiger partial charge in [-0.25, -0.2) is 0 Å². The Morgan fingerprint density at radius 3 is 2.83 bits per heavy atom. The summed E-state index contributed by atoms with van der Waals surface area (Å²) in [6.45, 7) is 2.09. The van der Waals surface area contributed by atoms with Crippen molar-refractivity contribution < 1.29 is 4.79 Å². The average molecular weight is 339 g/mol. The van der Waals surface area contributed by atoms with Gasteiger partial charge in [0.25, 0.3) is 5.91 Å². The highest BCUT2D eigenvalue weighted by molar-refractivity contribution is 6.31. The number of halogens is 1. The number of nitrogens with zero attached hydrogens (tertiary/aromatic N) is 1. The normalized spacial score (nSPS) is 15.7. The van der Waals surface area contributed by atoms with Gasteiger partial charge in [0, 0.05) is 28.3 Å². The second-order valence-electron chi connectivity index (χ2n) is 6.11. The molecule has 2 aromatic carbocycles. The zero-order valence-corrected chi connectivity index (χ0v) is 13.8. The van der Waals surface area contributed by atoms with Crippen molar-refractivity contribution in [1.29, 1.82) is 0 Å². The molecule has 1 aromatic heterocycles. The van der Waals surface area contributed by atoms with Crippen LogP contribution in [0.1, 0.15) is 28.9 Å². The third kappa shape index (κ3) is 2.31. The molecule has 4 nitrogen and oxygen atoms in total. The quantitative estimate of drug-likeness (QED) is 0.767. The SMILES string of the molecule is C[C@H]1Cc2cccc3c(=O)c(C(=O)Nc4cccc(Cl)c4)cn1c23. The van der Waals surface area contributed by atoms with Crippen molar-refractivity contribution >= 4 is 34.1 Å². The molecule has 1 amide bonds. The van der Waals surface area contributed by atoms with E-state index in [1.165, 1.54) is 0 Å². The van der Waals surface area contributed by atoms with Crippen LogP contribution in [0.15, 0.2) is 53.5 Å². The number of anilines is 1. The molecule has 4 rings (SSSR count). The number of nitrogens with one attached hydrogen (secondary N) is 1. The summed E-state index contributed by atoms with van der Waals surface area (Å²) in [6, 6.07) is 12.8. The van der Waals surface area contributed by atoms with E-state index in [-0.39, 0.29) is 17.0 Å². The molecule has 1 aliphatic rings. The van der Waals surface area contributed by atoms with E-state index < -0.39 is 5.91 Å². The zero-order valence-electron chi connectivity index (χ0n) is 13.0. The molecule has 1 N–H and O–H groups in total. The third-order valence-corrected chi connectivity index (χ3v) is 4.69. The topological polar surface area (TPSA) is 51.1 Å². The molecule has 0 unspecified atom stereocenters. The van der Waals surface area contributed by atoms with Crippen LogP contribution in [0, 0.1) is 0 Å². The van der Waals surface area contributed by atoms with Crippen molar-refractivity contribution in [3.8, 4) is 0 Å². The number of carbonyl (C=O) groups excluding carboxylic acids is 1. The van der Waals surface area contributed by atoms with E-state index in [9.17, 15) is 9.59 Å². The molecule has 1 aliphatic heterocycles. The fourth-order valence-electron chi connectivity index (χ4n) is 3.34. The predicted molar refractivity (Wildman–Crippen MR) is 96.0 cm³/mol. The molecule has 0 saturated heterocycles. The summed E-state index contributed by atoms with van der Waals surface area (Å²) in [4.78, 5) is 25.4. The largest absolute Gasteiger partial charge is 0.343 e. The monoisotopic (exact) mass is 338 g/mol. The number of para-hydroxylation sites is 1. The fraction of sp³-hybridized carbons (Fsp3) is 0.158. The number of amides is 1. The summed E-state index contributed by atoms with van der Waals surface area (Å²) < 4.78 is 2.03. The lowest BCUT2D eigenvalue weighted by Crippen LogP contribution is -2.23. The maximum absolute atomic E-state index is 12.8. The highest BCUT2D eigenvalue weighted by Crippen LogP contribution is 2.31. The summed E-state index contributed by atoms with van der Waals surface area (Å²) in [7, 11) is 0. The molecule has 5 heteroatoms. The van der Waals surface area contributed by atoms with Crippen LogP contribution >= 0.6 is 11.6 Å². The molecule has 1 atom stereocenters. The summed E-state index contributed by atoms with van der Waals surface area (Å²) >= 11 is 5.94. The molecule has 24 heavy (non-hydrogen) atoms. The molecular formula is C19H15ClN2O2. The van der Waals surface area contributed by atoms with E-state index in [2.05, 4.69) is 12.2 Å². The summed E-state index contributed by atoms with van der Waals surface area (Å²) in [5.41, 5.74) is 2.56. The number of aromatic nitrogens is 1. The maximum Gasteiger partial charge on any atom is 0.261 e. The number of hydrogen-bond acceptors (Lipinski definition) is 2. The summed E-state index contributed by atoms with van der Waals surface area (Å²) in [5, 5.41) is 3.87. The van der Waals surface area contributed by atoms with Crippen molar-refractivity contribution in [2.24, 2.45) is 0 Å². The zero-order chi connectivity index (χ0) is 16.8. The first kappa shape index (κ1) is 15.0. The Bertz CT molecular complexity index is 1040. The Balaban J connectivity index is 1.82. The van der Waals surface area contributed by atoms with Gasteiger partial charge in [-0.05, 0) is 43.2 Å². The highest BCUT2D eigenvalue weighted by atomic mass is 35.5. The molecule has 0 bridgehead atoms. The number of pyridine rings is 1. The lowest BCUT2D eigenvalue weighted by molar-refractivity contribution is 0.102. The average Bonchev–Trinajstić information content (AvgIpc) is 2.87. The fourth-order valence-corrected chi connectivity index (χ4v) is 3.53. The summed E-state index contributed by atoms with van der Waals surface area (Å²) in [5.74, 6) is -0.419. The predicted octanol–water partition coefficient (Wildman–Crippen LogP) is 4.02. The van der Waals surface area contributed by atoms with Crippen LogP contribution in [-0.4, -0.2) is 10.5 Å². The van der Waals surface area contributed by atoms with Crippen LogP contribution in [0.4, 0.5) is 5.69 Å². The van der Waals surface area contributed by atoms with Gasteiger partial charge in [-0.2, -0.15) is 0 Å². The Hall–Kier alpha value is -2.59. The lowest BCUT2D eigenvalue weighted by Gasteiger charge is -2.12. The van der Waals surface area contributed by atoms with Gasteiger partial charge in [-0.1, -0.05) is 29.8 Å². The molecule has 0 fully saturated rings. The summed E-state index contributed by atoms with van der Waals surface area (Å²) in [6.07, 6.45) is 2.54. The Kier molecular flexibility index (Phi) is 3.43. The number of hydrogen-bond donors (Lipinski definition) is 1. The van der Waals surface area contributed by atoms with Gasteiger partial charge in [0.15, 0.2) is 0 Å². The van der Waals surface area contributed by atoms with E-state index in [4.69, 9.17) is 11.6 Å². The van der Waals surface area contributed by atoms with Gasteiger partial charge >= 0.3 is 0 Å². The minimum Gasteiger partial charge on any atom is -0.343 e. The first-order valence-electron chi connectivity index (χ1n) is 7.78. The van der Waals surface area contributed by atoms with E-state index in [0.717, 1.165) is 17.5 Å². The van der Waals surface area contributed by atoms with Gasteiger partial charge in [0.2, 0.25) is 5.43 Å². The molecule has 2 heterocycles. The highest BCUT2D eigenvalue weighted by Gasteiger charge is 2.24. The van der Waals surface area contributed by atoms with E-state index in [0.29, 0.717) is 16.1 Å². The van der Waals surface area contributed by atoms with Gasteiger partial charge < -0.3 is 9.88 Å². The first-order chi connectivity index (χ1) is 11.5. The van der Waals surface area contributed by atoms with Crippen molar-refractivity contribution in [2.45, 2.75) is 19.4 Å². The molecule has 0 spiro atoms. The van der Waals surface area contributed by atoms with Crippen LogP contribution in [0.25, 0.3) is 10.9 Å². The van der Waals surface area contributed by atoms with Crippen LogP contribution in [0.2, 0.25) is 5.02 Å². The molecule has 0 radical (unpaired) electrons. The minimum absolute atomic E-state index is 0.147. The van der Waals surface area contributed by atoms with Crippen LogP contribution in [0.5, 0.6) is 0 Å². The van der Waals surface area contributed by atoms with Gasteiger partial charge in [-0.3, -0.25) is 9.59 Å². The van der Waals surface area contributed by atoms with Gasteiger partial charge in [-0.15, -0.1) is 0 Å². The second kappa shape index (κ2) is 5.49. The van der Waals surface area contributed by atoms with Crippen molar-refractivity contribution in [1.82, 2.24) is 4.57 Å². The van der Waals surface area contributed by atoms with E-state index >= 15 is 0 Å². The molecule has 0 saturated carbocycles. The standard InChI is InChI=1S/C19H15ClN2O2/c1-11-8-12-4-2-7-15-17(12)22(11)10-16(18(15)23)19(24)21-14-6-3-5-13(20)9-14/h2-7,9-11H,8H2,1H3,(H,21,24)/t11-/m0/s1. The van der Waals surface area contributed by atoms with Crippen LogP contribution in [0.3, 0.4) is 0 Å². The smallest absolute Gasteiger partial charge is 0.261 e. The Labute approximate surface area is 143 Å². The second-order valence-corrected chi connectivity index (χ2v) is 6.55. The van der Waals surface area contributed by atoms with Crippen LogP contribution < -0.4 is 10.7 Å². The number of benzene rings is 2. The van der Waals surface area contributed by atoms with Gasteiger partial charge in [0.05, 0.1) is 5.52 Å². The maximum atomic E-state index is 12.8. The van der Waals surface area contributed by atoms with Crippen molar-refractivity contribution in [3.63, 3.8) is 0 Å². The molecular weight excluding hydrogens is 324 g/mol. The minimum atomic E-state index is -0.419. The first-order valence-corrected chi connectivity index (χ1v) is 8.16. The Morgan fingerprint density at radius 2 is 2.04 bits per heavy atom. The number of rotatable bonds is 2. The van der Waals surface area contributed by atoms with Crippen molar-refractivity contribution in [2.75, 3.05) is 5.32 Å². The Morgan fingerprint density at radius 1 is 1.25 bits per heavy atom. The van der Waals surface area contributed by atoms with E-state index in [1.54, 1.807) is 36.5 Å². The molecule has 0 aliphatic carbocycles. The third-order valence-electron chi connectivity index (χ3n) is 4.45. The molecule has 120 valence electrons. The van der Waals surface area contributed by atoms with Crippen LogP contribution in [-0.2, 0) is 6.42 Å². The van der Waals surface area contributed by atoms with E-state index in [1.807, 2.05) is 16.7 Å². The lowest BCUT2D eigenvalue weighted by atomic mass is 10.1. The number of carbonyl (C=O) groups is 1. The van der Waals surface area contributed by atoms with Crippen molar-refractivity contribution in [3.05, 3.63) is 75.0 Å². The van der Waals surface area contributed by atoms with Gasteiger partial charge in [0.1, 0.15) is 5.56 Å². The molecule has 3 aromatic rings.